The number of ether oxygens (including phenoxy) is 1. The first kappa shape index (κ1) is 18.7. The van der Waals surface area contributed by atoms with E-state index >= 15 is 0 Å². The summed E-state index contributed by atoms with van der Waals surface area (Å²) in [5, 5.41) is 1.75. The van der Waals surface area contributed by atoms with Crippen molar-refractivity contribution >= 4 is 15.9 Å². The van der Waals surface area contributed by atoms with Gasteiger partial charge in [-0.25, -0.2) is 8.42 Å². The van der Waals surface area contributed by atoms with Crippen molar-refractivity contribution in [3.8, 4) is 0 Å². The summed E-state index contributed by atoms with van der Waals surface area (Å²) >= 11 is 0. The van der Waals surface area contributed by atoms with Gasteiger partial charge in [0.1, 0.15) is 6.54 Å². The molecule has 6 nitrogen and oxygen atoms in total. The third kappa shape index (κ3) is 4.46. The maximum absolute atomic E-state index is 12.5. The Morgan fingerprint density at radius 3 is 2.50 bits per heavy atom. The summed E-state index contributed by atoms with van der Waals surface area (Å²) < 4.78 is 68.1. The van der Waals surface area contributed by atoms with Crippen molar-refractivity contribution < 1.29 is 31.1 Å². The van der Waals surface area contributed by atoms with Gasteiger partial charge in [0.25, 0.3) is 5.91 Å². The molecule has 0 saturated carbocycles. The summed E-state index contributed by atoms with van der Waals surface area (Å²) in [5.74, 6) is -0.969. The number of hydrogen-bond donors (Lipinski definition) is 1. The first-order valence-electron chi connectivity index (χ1n) is 7.15. The fraction of sp³-hybridized carbons (Fsp3) is 0.500. The predicted molar refractivity (Wildman–Crippen MR) is 79.1 cm³/mol. The van der Waals surface area contributed by atoms with Gasteiger partial charge in [-0.2, -0.15) is 17.5 Å². The summed E-state index contributed by atoms with van der Waals surface area (Å²) in [7, 11) is -3.83. The molecule has 1 heterocycles. The van der Waals surface area contributed by atoms with Gasteiger partial charge in [0.05, 0.1) is 18.1 Å². The second kappa shape index (κ2) is 7.08. The van der Waals surface area contributed by atoms with Gasteiger partial charge in [-0.15, -0.1) is 0 Å². The largest absolute Gasteiger partial charge is 0.405 e. The number of amides is 1. The SMILES string of the molecule is Cc1ccc(S(=O)(=O)N2CCOCC2)cc1C(=O)NCC(F)(F)F. The molecule has 0 bridgehead atoms. The van der Waals surface area contributed by atoms with E-state index in [9.17, 15) is 26.4 Å². The number of aryl methyl sites for hydroxylation is 1. The molecule has 1 N–H and O–H groups in total. The molecule has 2 rings (SSSR count). The number of rotatable bonds is 4. The quantitative estimate of drug-likeness (QED) is 0.872. The molecule has 0 aliphatic carbocycles. The van der Waals surface area contributed by atoms with Crippen LogP contribution in [-0.4, -0.2) is 57.7 Å². The number of hydrogen-bond acceptors (Lipinski definition) is 4. The molecule has 1 fully saturated rings. The average Bonchev–Trinajstić information content (AvgIpc) is 2.53. The number of carbonyl (C=O) groups is 1. The summed E-state index contributed by atoms with van der Waals surface area (Å²) in [4.78, 5) is 11.8. The number of benzene rings is 1. The molecule has 1 aromatic rings. The van der Waals surface area contributed by atoms with Crippen molar-refractivity contribution in [3.05, 3.63) is 29.3 Å². The molecule has 1 aliphatic rings. The fourth-order valence-corrected chi connectivity index (χ4v) is 3.65. The van der Waals surface area contributed by atoms with Crippen LogP contribution in [0.25, 0.3) is 0 Å². The highest BCUT2D eigenvalue weighted by Crippen LogP contribution is 2.21. The Bertz CT molecular complexity index is 713. The van der Waals surface area contributed by atoms with Crippen molar-refractivity contribution in [1.29, 1.82) is 0 Å². The van der Waals surface area contributed by atoms with E-state index in [2.05, 4.69) is 0 Å². The summed E-state index contributed by atoms with van der Waals surface area (Å²) in [6, 6.07) is 3.84. The van der Waals surface area contributed by atoms with Gasteiger partial charge in [0.2, 0.25) is 10.0 Å². The number of halogens is 3. The minimum absolute atomic E-state index is 0.103. The Morgan fingerprint density at radius 2 is 1.92 bits per heavy atom. The minimum Gasteiger partial charge on any atom is -0.379 e. The third-order valence-electron chi connectivity index (χ3n) is 3.51. The zero-order valence-corrected chi connectivity index (χ0v) is 13.7. The third-order valence-corrected chi connectivity index (χ3v) is 5.41. The molecule has 24 heavy (non-hydrogen) atoms. The van der Waals surface area contributed by atoms with Crippen LogP contribution in [0.4, 0.5) is 13.2 Å². The van der Waals surface area contributed by atoms with Crippen molar-refractivity contribution in [2.24, 2.45) is 0 Å². The lowest BCUT2D eigenvalue weighted by Crippen LogP contribution is -2.40. The van der Waals surface area contributed by atoms with Gasteiger partial charge >= 0.3 is 6.18 Å². The van der Waals surface area contributed by atoms with Gasteiger partial charge in [-0.1, -0.05) is 6.07 Å². The Labute approximate surface area is 137 Å². The molecule has 0 atom stereocenters. The van der Waals surface area contributed by atoms with E-state index in [1.165, 1.54) is 23.4 Å². The van der Waals surface area contributed by atoms with Crippen LogP contribution in [0, 0.1) is 6.92 Å². The van der Waals surface area contributed by atoms with Crippen molar-refractivity contribution in [2.45, 2.75) is 18.0 Å². The molecule has 0 radical (unpaired) electrons. The monoisotopic (exact) mass is 366 g/mol. The van der Waals surface area contributed by atoms with Gasteiger partial charge in [-0.05, 0) is 24.6 Å². The standard InChI is InChI=1S/C14H17F3N2O4S/c1-10-2-3-11(24(21,22)19-4-6-23-7-5-19)8-12(10)13(20)18-9-14(15,16)17/h2-3,8H,4-7,9H2,1H3,(H,18,20). The normalized spacial score (nSPS) is 16.8. The van der Waals surface area contributed by atoms with Crippen LogP contribution < -0.4 is 5.32 Å². The number of nitrogens with zero attached hydrogens (tertiary/aromatic N) is 1. The second-order valence-electron chi connectivity index (χ2n) is 5.29. The molecular weight excluding hydrogens is 349 g/mol. The van der Waals surface area contributed by atoms with E-state index in [0.717, 1.165) is 6.07 Å². The fourth-order valence-electron chi connectivity index (χ4n) is 2.22. The Hall–Kier alpha value is -1.65. The molecule has 1 aliphatic heterocycles. The van der Waals surface area contributed by atoms with Gasteiger partial charge in [-0.3, -0.25) is 4.79 Å². The van der Waals surface area contributed by atoms with E-state index in [-0.39, 0.29) is 36.8 Å². The van der Waals surface area contributed by atoms with Crippen LogP contribution in [-0.2, 0) is 14.8 Å². The van der Waals surface area contributed by atoms with Crippen molar-refractivity contribution in [2.75, 3.05) is 32.8 Å². The van der Waals surface area contributed by atoms with E-state index in [1.807, 2.05) is 0 Å². The number of sulfonamides is 1. The summed E-state index contributed by atoms with van der Waals surface area (Å²) in [5.41, 5.74) is 0.282. The van der Waals surface area contributed by atoms with E-state index in [0.29, 0.717) is 5.56 Å². The van der Waals surface area contributed by atoms with Gasteiger partial charge in [0.15, 0.2) is 0 Å². The zero-order valence-electron chi connectivity index (χ0n) is 12.9. The predicted octanol–water partition coefficient (Wildman–Crippen LogP) is 1.31. The lowest BCUT2D eigenvalue weighted by Gasteiger charge is -2.26. The highest BCUT2D eigenvalue weighted by atomic mass is 32.2. The molecule has 0 spiro atoms. The van der Waals surface area contributed by atoms with Crippen LogP contribution in [0.2, 0.25) is 0 Å². The summed E-state index contributed by atoms with van der Waals surface area (Å²) in [6.07, 6.45) is -4.54. The molecular formula is C14H17F3N2O4S. The first-order chi connectivity index (χ1) is 11.1. The number of alkyl halides is 3. The maximum Gasteiger partial charge on any atom is 0.405 e. The Balaban J connectivity index is 2.26. The van der Waals surface area contributed by atoms with Crippen molar-refractivity contribution in [3.63, 3.8) is 0 Å². The molecule has 1 aromatic carbocycles. The number of carbonyl (C=O) groups excluding carboxylic acids is 1. The van der Waals surface area contributed by atoms with Crippen LogP contribution in [0.1, 0.15) is 15.9 Å². The van der Waals surface area contributed by atoms with Crippen LogP contribution in [0.3, 0.4) is 0 Å². The zero-order chi connectivity index (χ0) is 18.0. The smallest absolute Gasteiger partial charge is 0.379 e. The number of morpholine rings is 1. The van der Waals surface area contributed by atoms with E-state index < -0.39 is 28.7 Å². The molecule has 10 heteroatoms. The molecule has 1 amide bonds. The summed E-state index contributed by atoms with van der Waals surface area (Å²) in [6.45, 7) is 0.949. The maximum atomic E-state index is 12.5. The highest BCUT2D eigenvalue weighted by molar-refractivity contribution is 7.89. The second-order valence-corrected chi connectivity index (χ2v) is 7.23. The molecule has 0 unspecified atom stereocenters. The van der Waals surface area contributed by atoms with E-state index in [4.69, 9.17) is 4.74 Å². The average molecular weight is 366 g/mol. The molecule has 0 aromatic heterocycles. The topological polar surface area (TPSA) is 75.7 Å². The Morgan fingerprint density at radius 1 is 1.29 bits per heavy atom. The molecule has 134 valence electrons. The van der Waals surface area contributed by atoms with Crippen LogP contribution >= 0.6 is 0 Å². The van der Waals surface area contributed by atoms with Gasteiger partial charge < -0.3 is 10.1 Å². The lowest BCUT2D eigenvalue weighted by molar-refractivity contribution is -0.123. The van der Waals surface area contributed by atoms with Gasteiger partial charge in [0, 0.05) is 18.7 Å². The Kier molecular flexibility index (Phi) is 5.51. The van der Waals surface area contributed by atoms with E-state index in [1.54, 1.807) is 5.32 Å². The molecule has 1 saturated heterocycles. The first-order valence-corrected chi connectivity index (χ1v) is 8.59. The van der Waals surface area contributed by atoms with Crippen LogP contribution in [0.15, 0.2) is 23.1 Å². The minimum atomic E-state index is -4.54. The lowest BCUT2D eigenvalue weighted by atomic mass is 10.1. The highest BCUT2D eigenvalue weighted by Gasteiger charge is 2.30. The number of nitrogens with one attached hydrogen (secondary N) is 1. The van der Waals surface area contributed by atoms with Crippen LogP contribution in [0.5, 0.6) is 0 Å². The van der Waals surface area contributed by atoms with Crippen molar-refractivity contribution in [1.82, 2.24) is 9.62 Å².